The van der Waals surface area contributed by atoms with Gasteiger partial charge in [0.1, 0.15) is 0 Å². The highest BCUT2D eigenvalue weighted by Crippen LogP contribution is 2.34. The largest absolute Gasteiger partial charge is 0.366 e. The lowest BCUT2D eigenvalue weighted by Crippen LogP contribution is -2.31. The summed E-state index contributed by atoms with van der Waals surface area (Å²) in [4.78, 5) is 51.0. The van der Waals surface area contributed by atoms with Gasteiger partial charge in [-0.3, -0.25) is 19.2 Å². The van der Waals surface area contributed by atoms with Crippen LogP contribution in [-0.4, -0.2) is 28.9 Å². The molecule has 0 bridgehead atoms. The number of imide groups is 1. The molecule has 172 valence electrons. The number of halogens is 2. The zero-order valence-corrected chi connectivity index (χ0v) is 19.8. The van der Waals surface area contributed by atoms with E-state index >= 15 is 0 Å². The Balaban J connectivity index is 1.41. The van der Waals surface area contributed by atoms with Crippen LogP contribution in [0.2, 0.25) is 10.0 Å². The second-order valence-electron chi connectivity index (χ2n) is 7.39. The molecule has 0 aliphatic carbocycles. The van der Waals surface area contributed by atoms with Crippen molar-refractivity contribution < 1.29 is 19.2 Å². The number of nitrogens with two attached hydrogens (primary N) is 1. The molecule has 34 heavy (non-hydrogen) atoms. The fourth-order valence-corrected chi connectivity index (χ4v) is 4.94. The molecule has 1 heterocycles. The number of hydrogen-bond donors (Lipinski definition) is 2. The maximum Gasteiger partial charge on any atom is 0.257 e. The number of amides is 4. The normalized spacial score (nSPS) is 15.5. The topological polar surface area (TPSA) is 110 Å². The van der Waals surface area contributed by atoms with Gasteiger partial charge >= 0.3 is 0 Å². The molecular formula is C24H17Cl2N3O4S. The number of carbonyl (C=O) groups excluding carboxylic acids is 4. The first-order valence-corrected chi connectivity index (χ1v) is 11.7. The monoisotopic (exact) mass is 513 g/mol. The molecule has 1 atom stereocenters. The summed E-state index contributed by atoms with van der Waals surface area (Å²) in [5.74, 6) is -1.62. The fraction of sp³-hybridized carbons (Fsp3) is 0.0833. The molecule has 0 radical (unpaired) electrons. The van der Waals surface area contributed by atoms with Gasteiger partial charge in [0, 0.05) is 27.6 Å². The molecule has 1 saturated heterocycles. The Morgan fingerprint density at radius 1 is 0.971 bits per heavy atom. The van der Waals surface area contributed by atoms with Gasteiger partial charge in [-0.15, -0.1) is 11.8 Å². The zero-order chi connectivity index (χ0) is 24.4. The van der Waals surface area contributed by atoms with E-state index in [9.17, 15) is 19.2 Å². The summed E-state index contributed by atoms with van der Waals surface area (Å²) in [5, 5.41) is 2.85. The SMILES string of the molecule is NC(=O)c1ccc(N2C(=O)CC(Sc3ccc(NC(=O)c4ccc(Cl)cc4Cl)cc3)C2=O)cc1. The fourth-order valence-electron chi connectivity index (χ4n) is 3.40. The van der Waals surface area contributed by atoms with Gasteiger partial charge in [0.05, 0.1) is 21.5 Å². The molecule has 3 aromatic carbocycles. The molecule has 4 rings (SSSR count). The van der Waals surface area contributed by atoms with Gasteiger partial charge in [-0.05, 0) is 66.7 Å². The van der Waals surface area contributed by atoms with E-state index in [1.165, 1.54) is 42.1 Å². The molecule has 0 aromatic heterocycles. The predicted octanol–water partition coefficient (Wildman–Crippen LogP) is 4.77. The van der Waals surface area contributed by atoms with Crippen LogP contribution in [0.5, 0.6) is 0 Å². The molecule has 0 saturated carbocycles. The molecule has 0 spiro atoms. The summed E-state index contributed by atoms with van der Waals surface area (Å²) < 4.78 is 0. The van der Waals surface area contributed by atoms with E-state index in [-0.39, 0.29) is 29.2 Å². The zero-order valence-electron chi connectivity index (χ0n) is 17.5. The molecular weight excluding hydrogens is 497 g/mol. The van der Waals surface area contributed by atoms with E-state index in [1.807, 2.05) is 0 Å². The molecule has 1 aliphatic heterocycles. The number of nitrogens with one attached hydrogen (secondary N) is 1. The van der Waals surface area contributed by atoms with Gasteiger partial charge in [-0.1, -0.05) is 23.2 Å². The Hall–Kier alpha value is -3.33. The molecule has 7 nitrogen and oxygen atoms in total. The van der Waals surface area contributed by atoms with E-state index in [1.54, 1.807) is 36.4 Å². The first-order valence-electron chi connectivity index (χ1n) is 10.0. The molecule has 10 heteroatoms. The van der Waals surface area contributed by atoms with Crippen LogP contribution < -0.4 is 16.0 Å². The highest BCUT2D eigenvalue weighted by molar-refractivity contribution is 8.00. The third-order valence-corrected chi connectivity index (χ3v) is 6.83. The standard InChI is InChI=1S/C24H17Cl2N3O4S/c25-14-3-10-18(19(26)11-14)23(32)28-15-4-8-17(9-5-15)34-20-12-21(30)29(24(20)33)16-6-1-13(2-7-16)22(27)31/h1-11,20H,12H2,(H2,27,31)(H,28,32). The van der Waals surface area contributed by atoms with Crippen molar-refractivity contribution in [1.82, 2.24) is 0 Å². The first-order chi connectivity index (χ1) is 16.2. The number of hydrogen-bond acceptors (Lipinski definition) is 5. The van der Waals surface area contributed by atoms with Crippen molar-refractivity contribution in [3.8, 4) is 0 Å². The highest BCUT2D eigenvalue weighted by atomic mass is 35.5. The second-order valence-corrected chi connectivity index (χ2v) is 9.51. The predicted molar refractivity (Wildman–Crippen MR) is 133 cm³/mol. The van der Waals surface area contributed by atoms with Gasteiger partial charge in [-0.25, -0.2) is 4.90 Å². The number of rotatable bonds is 6. The van der Waals surface area contributed by atoms with Crippen LogP contribution >= 0.6 is 35.0 Å². The van der Waals surface area contributed by atoms with E-state index in [0.29, 0.717) is 27.5 Å². The Morgan fingerprint density at radius 2 is 1.65 bits per heavy atom. The number of benzene rings is 3. The van der Waals surface area contributed by atoms with Crippen molar-refractivity contribution >= 4 is 70.0 Å². The Kier molecular flexibility index (Phi) is 6.92. The lowest BCUT2D eigenvalue weighted by atomic mass is 10.2. The highest BCUT2D eigenvalue weighted by Gasteiger charge is 2.40. The molecule has 1 fully saturated rings. The number of thioether (sulfide) groups is 1. The minimum Gasteiger partial charge on any atom is -0.366 e. The van der Waals surface area contributed by atoms with Crippen molar-refractivity contribution in [2.75, 3.05) is 10.2 Å². The Bertz CT molecular complexity index is 1300. The number of carbonyl (C=O) groups is 4. The first kappa shape index (κ1) is 23.8. The molecule has 1 aliphatic rings. The molecule has 4 amide bonds. The Morgan fingerprint density at radius 3 is 2.26 bits per heavy atom. The summed E-state index contributed by atoms with van der Waals surface area (Å²) in [5.41, 5.74) is 6.76. The van der Waals surface area contributed by atoms with Gasteiger partial charge in [0.25, 0.3) is 5.91 Å². The minimum absolute atomic E-state index is 0.0502. The summed E-state index contributed by atoms with van der Waals surface area (Å²) in [6, 6.07) is 17.5. The van der Waals surface area contributed by atoms with Crippen LogP contribution in [0.15, 0.2) is 71.6 Å². The van der Waals surface area contributed by atoms with Gasteiger partial charge < -0.3 is 11.1 Å². The summed E-state index contributed by atoms with van der Waals surface area (Å²) in [7, 11) is 0. The van der Waals surface area contributed by atoms with Crippen LogP contribution in [0.3, 0.4) is 0 Å². The van der Waals surface area contributed by atoms with E-state index in [2.05, 4.69) is 5.32 Å². The van der Waals surface area contributed by atoms with Crippen molar-refractivity contribution in [2.45, 2.75) is 16.6 Å². The average molecular weight is 514 g/mol. The van der Waals surface area contributed by atoms with Gasteiger partial charge in [-0.2, -0.15) is 0 Å². The smallest absolute Gasteiger partial charge is 0.257 e. The van der Waals surface area contributed by atoms with Crippen LogP contribution in [0.1, 0.15) is 27.1 Å². The Labute approximate surface area is 209 Å². The number of anilines is 2. The van der Waals surface area contributed by atoms with E-state index in [4.69, 9.17) is 28.9 Å². The second kappa shape index (κ2) is 9.89. The van der Waals surface area contributed by atoms with Crippen LogP contribution in [0.4, 0.5) is 11.4 Å². The van der Waals surface area contributed by atoms with E-state index < -0.39 is 11.2 Å². The van der Waals surface area contributed by atoms with E-state index in [0.717, 1.165) is 9.80 Å². The summed E-state index contributed by atoms with van der Waals surface area (Å²) in [6.07, 6.45) is 0.0502. The lowest BCUT2D eigenvalue weighted by Gasteiger charge is -2.15. The van der Waals surface area contributed by atoms with Crippen LogP contribution in [0.25, 0.3) is 0 Å². The van der Waals surface area contributed by atoms with Crippen molar-refractivity contribution in [2.24, 2.45) is 5.73 Å². The number of primary amides is 1. The molecule has 1 unspecified atom stereocenters. The maximum atomic E-state index is 12.9. The lowest BCUT2D eigenvalue weighted by molar-refractivity contribution is -0.121. The third kappa shape index (κ3) is 5.09. The maximum absolute atomic E-state index is 12.9. The van der Waals surface area contributed by atoms with Crippen molar-refractivity contribution in [3.63, 3.8) is 0 Å². The van der Waals surface area contributed by atoms with Gasteiger partial charge in [0.15, 0.2) is 0 Å². The summed E-state index contributed by atoms with van der Waals surface area (Å²) in [6.45, 7) is 0. The van der Waals surface area contributed by atoms with Gasteiger partial charge in [0.2, 0.25) is 17.7 Å². The van der Waals surface area contributed by atoms with Crippen molar-refractivity contribution in [3.05, 3.63) is 87.9 Å². The van der Waals surface area contributed by atoms with Crippen molar-refractivity contribution in [1.29, 1.82) is 0 Å². The average Bonchev–Trinajstić information content (AvgIpc) is 3.07. The third-order valence-electron chi connectivity index (χ3n) is 5.08. The van der Waals surface area contributed by atoms with Crippen LogP contribution in [0, 0.1) is 0 Å². The quantitative estimate of drug-likeness (QED) is 0.461. The minimum atomic E-state index is -0.588. The summed E-state index contributed by atoms with van der Waals surface area (Å²) >= 11 is 13.2. The number of nitrogens with zero attached hydrogens (tertiary/aromatic N) is 1. The van der Waals surface area contributed by atoms with Crippen LogP contribution in [-0.2, 0) is 9.59 Å². The molecule has 3 aromatic rings. The molecule has 3 N–H and O–H groups in total.